The zero-order chi connectivity index (χ0) is 8.67. The molecular formula is C9H7N3O. The number of ether oxygens (including phenoxy) is 1. The molecule has 0 bridgehead atoms. The van der Waals surface area contributed by atoms with Gasteiger partial charge in [-0.1, -0.05) is 0 Å². The third-order valence-electron chi connectivity index (χ3n) is 2.14. The van der Waals surface area contributed by atoms with Crippen LogP contribution in [-0.4, -0.2) is 15.0 Å². The van der Waals surface area contributed by atoms with Crippen molar-refractivity contribution in [1.29, 1.82) is 0 Å². The summed E-state index contributed by atoms with van der Waals surface area (Å²) < 4.78 is 5.45. The maximum Gasteiger partial charge on any atom is 0.164 e. The van der Waals surface area contributed by atoms with Crippen LogP contribution in [-0.2, 0) is 6.61 Å². The first-order chi connectivity index (χ1) is 6.45. The first-order valence-corrected chi connectivity index (χ1v) is 4.04. The largest absolute Gasteiger partial charge is 0.483 e. The Hall–Kier alpha value is -1.84. The molecule has 13 heavy (non-hydrogen) atoms. The van der Waals surface area contributed by atoms with Gasteiger partial charge in [0.25, 0.3) is 0 Å². The van der Waals surface area contributed by atoms with Crippen molar-refractivity contribution in [3.05, 3.63) is 30.5 Å². The summed E-state index contributed by atoms with van der Waals surface area (Å²) in [4.78, 5) is 11.2. The quantitative estimate of drug-likeness (QED) is 0.654. The van der Waals surface area contributed by atoms with Crippen LogP contribution < -0.4 is 4.74 Å². The summed E-state index contributed by atoms with van der Waals surface area (Å²) in [5, 5.41) is 0. The second-order valence-electron chi connectivity index (χ2n) is 2.89. The molecule has 4 heteroatoms. The first-order valence-electron chi connectivity index (χ1n) is 4.04. The van der Waals surface area contributed by atoms with Gasteiger partial charge in [0.15, 0.2) is 5.75 Å². The summed E-state index contributed by atoms with van der Waals surface area (Å²) in [5.74, 6) is 0.759. The molecule has 0 amide bonds. The van der Waals surface area contributed by atoms with Crippen LogP contribution in [0.3, 0.4) is 0 Å². The number of aromatic nitrogens is 3. The van der Waals surface area contributed by atoms with Crippen LogP contribution in [0.4, 0.5) is 0 Å². The predicted octanol–water partition coefficient (Wildman–Crippen LogP) is 1.36. The average Bonchev–Trinajstić information content (AvgIpc) is 2.65. The molecule has 2 aromatic heterocycles. The number of aromatic amines is 1. The molecular weight excluding hydrogens is 166 g/mol. The molecule has 0 spiro atoms. The second-order valence-corrected chi connectivity index (χ2v) is 2.89. The highest BCUT2D eigenvalue weighted by molar-refractivity contribution is 5.69. The highest BCUT2D eigenvalue weighted by atomic mass is 16.5. The highest BCUT2D eigenvalue weighted by Gasteiger charge is 2.18. The molecule has 4 nitrogen and oxygen atoms in total. The number of rotatable bonds is 0. The Kier molecular flexibility index (Phi) is 1.19. The number of hydrogen-bond acceptors (Lipinski definition) is 3. The van der Waals surface area contributed by atoms with Gasteiger partial charge in [-0.25, -0.2) is 9.97 Å². The summed E-state index contributed by atoms with van der Waals surface area (Å²) in [6.07, 6.45) is 5.12. The lowest BCUT2D eigenvalue weighted by molar-refractivity contribution is 0.295. The van der Waals surface area contributed by atoms with Gasteiger partial charge >= 0.3 is 0 Å². The highest BCUT2D eigenvalue weighted by Crippen LogP contribution is 2.33. The van der Waals surface area contributed by atoms with Crippen molar-refractivity contribution < 1.29 is 4.74 Å². The molecule has 0 atom stereocenters. The lowest BCUT2D eigenvalue weighted by atomic mass is 10.1. The Labute approximate surface area is 74.6 Å². The van der Waals surface area contributed by atoms with Crippen LogP contribution in [0.1, 0.15) is 5.69 Å². The number of fused-ring (bicyclic) bond motifs is 3. The van der Waals surface area contributed by atoms with E-state index in [9.17, 15) is 0 Å². The number of H-pyrrole nitrogens is 1. The van der Waals surface area contributed by atoms with Gasteiger partial charge in [0.1, 0.15) is 18.6 Å². The Morgan fingerprint density at radius 3 is 3.46 bits per heavy atom. The Bertz CT molecular complexity index is 450. The molecule has 0 saturated carbocycles. The van der Waals surface area contributed by atoms with E-state index in [2.05, 4.69) is 15.0 Å². The van der Waals surface area contributed by atoms with Crippen molar-refractivity contribution in [1.82, 2.24) is 15.0 Å². The molecule has 0 aliphatic carbocycles. The van der Waals surface area contributed by atoms with E-state index in [0.717, 1.165) is 22.7 Å². The molecule has 1 aliphatic heterocycles. The van der Waals surface area contributed by atoms with Gasteiger partial charge in [0, 0.05) is 11.8 Å². The summed E-state index contributed by atoms with van der Waals surface area (Å²) in [7, 11) is 0. The van der Waals surface area contributed by atoms with E-state index < -0.39 is 0 Å². The summed E-state index contributed by atoms with van der Waals surface area (Å²) in [5.41, 5.74) is 3.06. The summed E-state index contributed by atoms with van der Waals surface area (Å²) in [6.45, 7) is 0.572. The van der Waals surface area contributed by atoms with Crippen LogP contribution in [0.2, 0.25) is 0 Å². The van der Waals surface area contributed by atoms with Gasteiger partial charge in [-0.05, 0) is 6.07 Å². The fourth-order valence-electron chi connectivity index (χ4n) is 1.52. The number of nitrogens with one attached hydrogen (secondary N) is 1. The van der Waals surface area contributed by atoms with Crippen LogP contribution >= 0.6 is 0 Å². The van der Waals surface area contributed by atoms with Gasteiger partial charge in [0.2, 0.25) is 0 Å². The molecule has 0 fully saturated rings. The van der Waals surface area contributed by atoms with E-state index in [1.165, 1.54) is 6.33 Å². The van der Waals surface area contributed by atoms with Gasteiger partial charge in [-0.15, -0.1) is 0 Å². The molecule has 3 heterocycles. The van der Waals surface area contributed by atoms with Crippen molar-refractivity contribution in [2.24, 2.45) is 0 Å². The normalized spacial score (nSPS) is 12.9. The molecule has 0 saturated heterocycles. The molecule has 2 aromatic rings. The lowest BCUT2D eigenvalue weighted by Crippen LogP contribution is -2.05. The lowest BCUT2D eigenvalue weighted by Gasteiger charge is -2.15. The molecule has 1 aliphatic rings. The Morgan fingerprint density at radius 2 is 2.46 bits per heavy atom. The van der Waals surface area contributed by atoms with E-state index >= 15 is 0 Å². The van der Waals surface area contributed by atoms with Crippen molar-refractivity contribution in [3.63, 3.8) is 0 Å². The topological polar surface area (TPSA) is 50.8 Å². The monoisotopic (exact) mass is 173 g/mol. The first kappa shape index (κ1) is 6.65. The van der Waals surface area contributed by atoms with Crippen molar-refractivity contribution in [2.75, 3.05) is 0 Å². The smallest absolute Gasteiger partial charge is 0.164 e. The minimum absolute atomic E-state index is 0.572. The van der Waals surface area contributed by atoms with Crippen LogP contribution in [0.15, 0.2) is 24.8 Å². The van der Waals surface area contributed by atoms with Gasteiger partial charge in [0.05, 0.1) is 11.9 Å². The van der Waals surface area contributed by atoms with E-state index in [1.54, 1.807) is 6.20 Å². The minimum Gasteiger partial charge on any atom is -0.483 e. The number of hydrogen-bond donors (Lipinski definition) is 1. The van der Waals surface area contributed by atoms with Crippen LogP contribution in [0.5, 0.6) is 5.75 Å². The fourth-order valence-corrected chi connectivity index (χ4v) is 1.52. The summed E-state index contributed by atoms with van der Waals surface area (Å²) in [6, 6.07) is 2.00. The van der Waals surface area contributed by atoms with Gasteiger partial charge < -0.3 is 9.72 Å². The molecule has 0 radical (unpaired) electrons. The van der Waals surface area contributed by atoms with Crippen LogP contribution in [0.25, 0.3) is 11.3 Å². The van der Waals surface area contributed by atoms with Gasteiger partial charge in [-0.3, -0.25) is 0 Å². The zero-order valence-electron chi connectivity index (χ0n) is 6.82. The van der Waals surface area contributed by atoms with Crippen molar-refractivity contribution in [3.8, 4) is 17.0 Å². The molecule has 0 aromatic carbocycles. The molecule has 0 unspecified atom stereocenters. The van der Waals surface area contributed by atoms with Crippen molar-refractivity contribution >= 4 is 0 Å². The fraction of sp³-hybridized carbons (Fsp3) is 0.111. The third-order valence-corrected chi connectivity index (χ3v) is 2.14. The standard InChI is InChI=1S/C9H7N3O/c1-2-11-7-4-13-8-3-10-5-12-9(8)6(1)7/h1-3,5,11H,4H2. The second kappa shape index (κ2) is 2.32. The summed E-state index contributed by atoms with van der Waals surface area (Å²) >= 11 is 0. The maximum absolute atomic E-state index is 5.45. The van der Waals surface area contributed by atoms with E-state index in [-0.39, 0.29) is 0 Å². The Balaban J connectivity index is 2.30. The van der Waals surface area contributed by atoms with E-state index in [0.29, 0.717) is 6.61 Å². The third kappa shape index (κ3) is 0.853. The van der Waals surface area contributed by atoms with E-state index in [4.69, 9.17) is 4.74 Å². The maximum atomic E-state index is 5.45. The molecule has 64 valence electrons. The van der Waals surface area contributed by atoms with E-state index in [1.807, 2.05) is 12.3 Å². The SMILES string of the molecule is c1ncc2c(n1)-c1cc[nH]c1CO2. The van der Waals surface area contributed by atoms with Gasteiger partial charge in [-0.2, -0.15) is 0 Å². The van der Waals surface area contributed by atoms with Crippen molar-refractivity contribution in [2.45, 2.75) is 6.61 Å². The minimum atomic E-state index is 0.572. The Morgan fingerprint density at radius 1 is 1.46 bits per heavy atom. The average molecular weight is 173 g/mol. The molecule has 3 rings (SSSR count). The molecule has 1 N–H and O–H groups in total. The predicted molar refractivity (Wildman–Crippen MR) is 46.2 cm³/mol. The number of nitrogens with zero attached hydrogens (tertiary/aromatic N) is 2. The van der Waals surface area contributed by atoms with Crippen LogP contribution in [0, 0.1) is 0 Å². The zero-order valence-corrected chi connectivity index (χ0v) is 6.82.